The topological polar surface area (TPSA) is 69.0 Å². The number of amides is 1. The maximum absolute atomic E-state index is 13.2. The number of aromatic nitrogens is 3. The van der Waals surface area contributed by atoms with Gasteiger partial charge in [0.1, 0.15) is 12.3 Å². The molecule has 1 amide bonds. The quantitative estimate of drug-likeness (QED) is 0.692. The van der Waals surface area contributed by atoms with Crippen LogP contribution in [-0.4, -0.2) is 27.6 Å². The standard InChI is InChI=1S/C19H18F2N4O2/c20-17-7-6-15(10-18(17)21)11-25-12-16(23-24-25)13-27-19(26)22-9-8-14-4-2-1-3-5-14/h1-7,10,12H,8-9,11,13H2,(H,22,26). The van der Waals surface area contributed by atoms with Gasteiger partial charge < -0.3 is 10.1 Å². The van der Waals surface area contributed by atoms with Gasteiger partial charge in [0, 0.05) is 6.54 Å². The lowest BCUT2D eigenvalue weighted by molar-refractivity contribution is 0.138. The van der Waals surface area contributed by atoms with E-state index in [0.29, 0.717) is 24.2 Å². The van der Waals surface area contributed by atoms with Crippen molar-refractivity contribution in [1.29, 1.82) is 0 Å². The van der Waals surface area contributed by atoms with Crippen LogP contribution in [0.3, 0.4) is 0 Å². The summed E-state index contributed by atoms with van der Waals surface area (Å²) in [6.07, 6.45) is 1.75. The highest BCUT2D eigenvalue weighted by molar-refractivity contribution is 5.67. The Kier molecular flexibility index (Phi) is 6.09. The number of hydrogen-bond acceptors (Lipinski definition) is 4. The number of carbonyl (C=O) groups excluding carboxylic acids is 1. The first kappa shape index (κ1) is 18.5. The van der Waals surface area contributed by atoms with E-state index in [2.05, 4.69) is 15.6 Å². The van der Waals surface area contributed by atoms with Crippen LogP contribution in [0.15, 0.2) is 54.7 Å². The molecule has 0 saturated carbocycles. The molecule has 0 aliphatic carbocycles. The van der Waals surface area contributed by atoms with Gasteiger partial charge in [-0.05, 0) is 29.7 Å². The molecule has 140 valence electrons. The van der Waals surface area contributed by atoms with Gasteiger partial charge in [-0.25, -0.2) is 18.3 Å². The van der Waals surface area contributed by atoms with Gasteiger partial charge in [0.05, 0.1) is 12.7 Å². The van der Waals surface area contributed by atoms with Crippen molar-refractivity contribution >= 4 is 6.09 Å². The molecule has 0 atom stereocenters. The van der Waals surface area contributed by atoms with E-state index in [1.54, 1.807) is 6.20 Å². The second-order valence-corrected chi connectivity index (χ2v) is 5.89. The Hall–Kier alpha value is -3.29. The molecule has 0 unspecified atom stereocenters. The van der Waals surface area contributed by atoms with E-state index in [1.807, 2.05) is 30.3 Å². The predicted molar refractivity (Wildman–Crippen MR) is 93.8 cm³/mol. The number of halogens is 2. The van der Waals surface area contributed by atoms with Crippen molar-refractivity contribution in [2.75, 3.05) is 6.54 Å². The second kappa shape index (κ2) is 8.88. The van der Waals surface area contributed by atoms with Crippen LogP contribution in [0.5, 0.6) is 0 Å². The van der Waals surface area contributed by atoms with E-state index in [0.717, 1.165) is 17.7 Å². The molecule has 0 fully saturated rings. The SMILES string of the molecule is O=C(NCCc1ccccc1)OCc1cn(Cc2ccc(F)c(F)c2)nn1. The summed E-state index contributed by atoms with van der Waals surface area (Å²) in [5, 5.41) is 10.4. The number of rotatable bonds is 7. The van der Waals surface area contributed by atoms with E-state index in [9.17, 15) is 13.6 Å². The fourth-order valence-electron chi connectivity index (χ4n) is 2.45. The maximum Gasteiger partial charge on any atom is 0.407 e. The zero-order chi connectivity index (χ0) is 19.1. The first-order valence-electron chi connectivity index (χ1n) is 8.37. The van der Waals surface area contributed by atoms with E-state index in [4.69, 9.17) is 4.74 Å². The summed E-state index contributed by atoms with van der Waals surface area (Å²) in [5.41, 5.74) is 2.12. The first-order valence-corrected chi connectivity index (χ1v) is 8.37. The molecule has 0 spiro atoms. The monoisotopic (exact) mass is 372 g/mol. The minimum Gasteiger partial charge on any atom is -0.443 e. The molecule has 1 aromatic heterocycles. The number of ether oxygens (including phenoxy) is 1. The van der Waals surface area contributed by atoms with Crippen LogP contribution in [0.1, 0.15) is 16.8 Å². The number of nitrogens with zero attached hydrogens (tertiary/aromatic N) is 3. The number of nitrogens with one attached hydrogen (secondary N) is 1. The number of alkyl carbamates (subject to hydrolysis) is 1. The highest BCUT2D eigenvalue weighted by Gasteiger charge is 2.08. The number of benzene rings is 2. The van der Waals surface area contributed by atoms with Gasteiger partial charge in [-0.15, -0.1) is 5.10 Å². The number of carbonyl (C=O) groups is 1. The summed E-state index contributed by atoms with van der Waals surface area (Å²) < 4.78 is 32.7. The molecular formula is C19H18F2N4O2. The molecular weight excluding hydrogens is 354 g/mol. The summed E-state index contributed by atoms with van der Waals surface area (Å²) in [7, 11) is 0. The zero-order valence-electron chi connectivity index (χ0n) is 14.4. The van der Waals surface area contributed by atoms with Crippen LogP contribution >= 0.6 is 0 Å². The Balaban J connectivity index is 1.42. The summed E-state index contributed by atoms with van der Waals surface area (Å²) in [4.78, 5) is 11.7. The van der Waals surface area contributed by atoms with Crippen LogP contribution in [0.25, 0.3) is 0 Å². The average molecular weight is 372 g/mol. The summed E-state index contributed by atoms with van der Waals surface area (Å²) in [6, 6.07) is 13.4. The van der Waals surface area contributed by atoms with Gasteiger partial charge >= 0.3 is 6.09 Å². The van der Waals surface area contributed by atoms with Gasteiger partial charge in [-0.3, -0.25) is 0 Å². The van der Waals surface area contributed by atoms with Crippen molar-refractivity contribution in [3.8, 4) is 0 Å². The Labute approximate surface area is 154 Å². The van der Waals surface area contributed by atoms with Crippen molar-refractivity contribution in [3.05, 3.63) is 83.2 Å². The Morgan fingerprint density at radius 1 is 1.07 bits per heavy atom. The molecule has 27 heavy (non-hydrogen) atoms. The molecule has 3 aromatic rings. The summed E-state index contributed by atoms with van der Waals surface area (Å²) in [6.45, 7) is 0.661. The fraction of sp³-hybridized carbons (Fsp3) is 0.211. The number of hydrogen-bond donors (Lipinski definition) is 1. The lowest BCUT2D eigenvalue weighted by Crippen LogP contribution is -2.26. The smallest absolute Gasteiger partial charge is 0.407 e. The molecule has 0 aliphatic rings. The van der Waals surface area contributed by atoms with Crippen molar-refractivity contribution < 1.29 is 18.3 Å². The Bertz CT molecular complexity index is 900. The maximum atomic E-state index is 13.2. The second-order valence-electron chi connectivity index (χ2n) is 5.89. The average Bonchev–Trinajstić information content (AvgIpc) is 3.11. The van der Waals surface area contributed by atoms with E-state index in [-0.39, 0.29) is 13.2 Å². The third-order valence-corrected chi connectivity index (χ3v) is 3.79. The van der Waals surface area contributed by atoms with Crippen LogP contribution < -0.4 is 5.32 Å². The van der Waals surface area contributed by atoms with Gasteiger partial charge in [0.25, 0.3) is 0 Å². The predicted octanol–water partition coefficient (Wildman–Crippen LogP) is 3.07. The molecule has 0 radical (unpaired) electrons. The van der Waals surface area contributed by atoms with Gasteiger partial charge in [0.2, 0.25) is 0 Å². The lowest BCUT2D eigenvalue weighted by atomic mass is 10.1. The van der Waals surface area contributed by atoms with Crippen LogP contribution in [0.2, 0.25) is 0 Å². The summed E-state index contributed by atoms with van der Waals surface area (Å²) in [5.74, 6) is -1.81. The molecule has 0 bridgehead atoms. The van der Waals surface area contributed by atoms with E-state index < -0.39 is 17.7 Å². The van der Waals surface area contributed by atoms with E-state index in [1.165, 1.54) is 10.7 Å². The molecule has 1 heterocycles. The van der Waals surface area contributed by atoms with Crippen molar-refractivity contribution in [3.63, 3.8) is 0 Å². The molecule has 0 aliphatic heterocycles. The molecule has 8 heteroatoms. The highest BCUT2D eigenvalue weighted by Crippen LogP contribution is 2.10. The normalized spacial score (nSPS) is 10.6. The van der Waals surface area contributed by atoms with Crippen LogP contribution in [0.4, 0.5) is 13.6 Å². The van der Waals surface area contributed by atoms with Crippen molar-refractivity contribution in [2.45, 2.75) is 19.6 Å². The first-order chi connectivity index (χ1) is 13.1. The lowest BCUT2D eigenvalue weighted by Gasteiger charge is -2.05. The summed E-state index contributed by atoms with van der Waals surface area (Å²) >= 11 is 0. The molecule has 2 aromatic carbocycles. The Morgan fingerprint density at radius 3 is 2.67 bits per heavy atom. The third kappa shape index (κ3) is 5.60. The van der Waals surface area contributed by atoms with Gasteiger partial charge in [0.15, 0.2) is 11.6 Å². The van der Waals surface area contributed by atoms with E-state index >= 15 is 0 Å². The van der Waals surface area contributed by atoms with Crippen LogP contribution in [0, 0.1) is 11.6 Å². The Morgan fingerprint density at radius 2 is 1.89 bits per heavy atom. The fourth-order valence-corrected chi connectivity index (χ4v) is 2.45. The molecule has 3 rings (SSSR count). The zero-order valence-corrected chi connectivity index (χ0v) is 14.4. The minimum absolute atomic E-state index is 0.0328. The van der Waals surface area contributed by atoms with Crippen molar-refractivity contribution in [2.24, 2.45) is 0 Å². The molecule has 6 nitrogen and oxygen atoms in total. The molecule has 0 saturated heterocycles. The molecule has 1 N–H and O–H groups in total. The van der Waals surface area contributed by atoms with Crippen molar-refractivity contribution in [1.82, 2.24) is 20.3 Å². The highest BCUT2D eigenvalue weighted by atomic mass is 19.2. The largest absolute Gasteiger partial charge is 0.443 e. The van der Waals surface area contributed by atoms with Crippen LogP contribution in [-0.2, 0) is 24.3 Å². The minimum atomic E-state index is -0.914. The van der Waals surface area contributed by atoms with Gasteiger partial charge in [-0.1, -0.05) is 41.6 Å². The third-order valence-electron chi connectivity index (χ3n) is 3.79. The van der Waals surface area contributed by atoms with Gasteiger partial charge in [-0.2, -0.15) is 0 Å².